The van der Waals surface area contributed by atoms with E-state index in [-0.39, 0.29) is 18.0 Å². The fraction of sp³-hybridized carbons (Fsp3) is 0.333. The Kier molecular flexibility index (Phi) is 5.74. The first-order valence-electron chi connectivity index (χ1n) is 10.4. The average Bonchev–Trinajstić information content (AvgIpc) is 3.19. The van der Waals surface area contributed by atoms with Crippen molar-refractivity contribution < 1.29 is 14.0 Å². The van der Waals surface area contributed by atoms with Crippen molar-refractivity contribution in [3.63, 3.8) is 0 Å². The summed E-state index contributed by atoms with van der Waals surface area (Å²) in [5, 5.41) is 6.70. The van der Waals surface area contributed by atoms with E-state index in [0.717, 1.165) is 36.9 Å². The maximum atomic E-state index is 12.6. The van der Waals surface area contributed by atoms with Crippen molar-refractivity contribution in [3.8, 4) is 0 Å². The molecule has 3 amide bonds. The number of hydrogen-bond acceptors (Lipinski definition) is 3. The minimum absolute atomic E-state index is 0.0522. The highest BCUT2D eigenvalue weighted by molar-refractivity contribution is 5.95. The topological polar surface area (TPSA) is 74.6 Å². The van der Waals surface area contributed by atoms with Gasteiger partial charge in [-0.3, -0.25) is 4.79 Å². The lowest BCUT2D eigenvalue weighted by atomic mass is 9.98. The highest BCUT2D eigenvalue weighted by Gasteiger charge is 2.21. The summed E-state index contributed by atoms with van der Waals surface area (Å²) in [6, 6.07) is 16.1. The van der Waals surface area contributed by atoms with E-state index in [9.17, 15) is 9.59 Å². The zero-order valence-corrected chi connectivity index (χ0v) is 17.4. The van der Waals surface area contributed by atoms with Crippen LogP contribution in [0.25, 0.3) is 11.0 Å². The number of piperidine rings is 1. The molecule has 0 aliphatic carbocycles. The van der Waals surface area contributed by atoms with Crippen molar-refractivity contribution in [1.82, 2.24) is 10.2 Å². The molecule has 1 unspecified atom stereocenters. The number of fused-ring (bicyclic) bond motifs is 1. The standard InChI is InChI=1S/C24H27N3O3/c1-16-11-13-27(14-12-16)23(28)18-7-9-20(10-8-18)26-24(29)25-17(2)22-15-19-5-3-4-6-21(19)30-22/h3-10,15-17H,11-14H2,1-2H3,(H2,25,26,29). The molecule has 156 valence electrons. The fourth-order valence-electron chi connectivity index (χ4n) is 3.74. The van der Waals surface area contributed by atoms with Gasteiger partial charge in [0.15, 0.2) is 0 Å². The van der Waals surface area contributed by atoms with Gasteiger partial charge in [0, 0.05) is 29.7 Å². The number of benzene rings is 2. The van der Waals surface area contributed by atoms with Gasteiger partial charge in [-0.05, 0) is 62.1 Å². The Hall–Kier alpha value is -3.28. The van der Waals surface area contributed by atoms with Crippen molar-refractivity contribution >= 4 is 28.6 Å². The smallest absolute Gasteiger partial charge is 0.319 e. The quantitative estimate of drug-likeness (QED) is 0.627. The summed E-state index contributed by atoms with van der Waals surface area (Å²) >= 11 is 0. The molecule has 0 saturated carbocycles. The van der Waals surface area contributed by atoms with Crippen LogP contribution in [0.15, 0.2) is 59.0 Å². The predicted molar refractivity (Wildman–Crippen MR) is 118 cm³/mol. The van der Waals surface area contributed by atoms with Crippen molar-refractivity contribution in [2.24, 2.45) is 5.92 Å². The number of hydrogen-bond donors (Lipinski definition) is 2. The molecule has 2 aromatic carbocycles. The molecule has 0 bridgehead atoms. The lowest BCUT2D eigenvalue weighted by molar-refractivity contribution is 0.0697. The van der Waals surface area contributed by atoms with Gasteiger partial charge in [0.1, 0.15) is 11.3 Å². The van der Waals surface area contributed by atoms with Crippen LogP contribution >= 0.6 is 0 Å². The van der Waals surface area contributed by atoms with Gasteiger partial charge in [-0.25, -0.2) is 4.79 Å². The molecule has 1 atom stereocenters. The largest absolute Gasteiger partial charge is 0.459 e. The zero-order valence-electron chi connectivity index (χ0n) is 17.4. The number of amides is 3. The molecule has 1 fully saturated rings. The number of nitrogens with one attached hydrogen (secondary N) is 2. The van der Waals surface area contributed by atoms with Crippen LogP contribution in [0.3, 0.4) is 0 Å². The Labute approximate surface area is 176 Å². The van der Waals surface area contributed by atoms with Gasteiger partial charge in [0.25, 0.3) is 5.91 Å². The van der Waals surface area contributed by atoms with E-state index < -0.39 is 0 Å². The number of anilines is 1. The third-order valence-corrected chi connectivity index (χ3v) is 5.68. The monoisotopic (exact) mass is 405 g/mol. The molecule has 2 N–H and O–H groups in total. The molecule has 6 heteroatoms. The van der Waals surface area contributed by atoms with Crippen molar-refractivity contribution in [1.29, 1.82) is 0 Å². The van der Waals surface area contributed by atoms with Crippen molar-refractivity contribution in [2.45, 2.75) is 32.7 Å². The molecule has 3 aromatic rings. The third kappa shape index (κ3) is 4.48. The normalized spacial score (nSPS) is 15.7. The molecule has 0 radical (unpaired) electrons. The maximum Gasteiger partial charge on any atom is 0.319 e. The molecule has 1 aliphatic rings. The van der Waals surface area contributed by atoms with Gasteiger partial charge in [-0.2, -0.15) is 0 Å². The summed E-state index contributed by atoms with van der Waals surface area (Å²) in [6.45, 7) is 5.71. The van der Waals surface area contributed by atoms with E-state index in [2.05, 4.69) is 17.6 Å². The molecule has 6 nitrogen and oxygen atoms in total. The summed E-state index contributed by atoms with van der Waals surface area (Å²) in [6.07, 6.45) is 2.10. The minimum atomic E-state index is -0.327. The second-order valence-corrected chi connectivity index (χ2v) is 8.06. The number of para-hydroxylation sites is 1. The first-order chi connectivity index (χ1) is 14.5. The van der Waals surface area contributed by atoms with Crippen LogP contribution in [-0.4, -0.2) is 29.9 Å². The van der Waals surface area contributed by atoms with Gasteiger partial charge in [-0.15, -0.1) is 0 Å². The molecule has 1 aromatic heterocycles. The van der Waals surface area contributed by atoms with Crippen molar-refractivity contribution in [3.05, 3.63) is 65.9 Å². The van der Waals surface area contributed by atoms with E-state index in [1.165, 1.54) is 0 Å². The molecule has 1 aliphatic heterocycles. The van der Waals surface area contributed by atoms with Crippen LogP contribution in [0.4, 0.5) is 10.5 Å². The SMILES string of the molecule is CC1CCN(C(=O)c2ccc(NC(=O)NC(C)c3cc4ccccc4o3)cc2)CC1. The first-order valence-corrected chi connectivity index (χ1v) is 10.4. The molecule has 1 saturated heterocycles. The van der Waals surface area contributed by atoms with Crippen molar-refractivity contribution in [2.75, 3.05) is 18.4 Å². The first kappa shape index (κ1) is 20.0. The number of rotatable bonds is 4. The Morgan fingerprint density at radius 2 is 1.77 bits per heavy atom. The number of nitrogens with zero attached hydrogens (tertiary/aromatic N) is 1. The van der Waals surface area contributed by atoms with Gasteiger partial charge in [-0.1, -0.05) is 25.1 Å². The van der Waals surface area contributed by atoms with Gasteiger partial charge >= 0.3 is 6.03 Å². The number of urea groups is 1. The Bertz CT molecular complexity index is 1000. The summed E-state index contributed by atoms with van der Waals surface area (Å²) in [5.41, 5.74) is 2.07. The van der Waals surface area contributed by atoms with Crippen LogP contribution < -0.4 is 10.6 Å². The summed E-state index contributed by atoms with van der Waals surface area (Å²) in [5.74, 6) is 1.43. The molecule has 4 rings (SSSR count). The van der Waals surface area contributed by atoms with Gasteiger partial charge in [0.2, 0.25) is 0 Å². The van der Waals surface area contributed by atoms with Gasteiger partial charge < -0.3 is 20.0 Å². The zero-order chi connectivity index (χ0) is 21.1. The number of carbonyl (C=O) groups excluding carboxylic acids is 2. The molecule has 2 heterocycles. The molecule has 0 spiro atoms. The van der Waals surface area contributed by atoms with Gasteiger partial charge in [0.05, 0.1) is 6.04 Å². The van der Waals surface area contributed by atoms with Crippen LogP contribution in [0, 0.1) is 5.92 Å². The lowest BCUT2D eigenvalue weighted by Gasteiger charge is -2.30. The highest BCUT2D eigenvalue weighted by Crippen LogP contribution is 2.24. The molecule has 30 heavy (non-hydrogen) atoms. The fourth-order valence-corrected chi connectivity index (χ4v) is 3.74. The highest BCUT2D eigenvalue weighted by atomic mass is 16.3. The maximum absolute atomic E-state index is 12.6. The summed E-state index contributed by atoms with van der Waals surface area (Å²) in [7, 11) is 0. The molecular weight excluding hydrogens is 378 g/mol. The lowest BCUT2D eigenvalue weighted by Crippen LogP contribution is -2.37. The van der Waals surface area contributed by atoms with Crippen LogP contribution in [0.5, 0.6) is 0 Å². The Morgan fingerprint density at radius 3 is 2.47 bits per heavy atom. The van der Waals surface area contributed by atoms with E-state index in [1.54, 1.807) is 24.3 Å². The van der Waals surface area contributed by atoms with Crippen LogP contribution in [-0.2, 0) is 0 Å². The van der Waals surface area contributed by atoms with E-state index in [0.29, 0.717) is 22.9 Å². The van der Waals surface area contributed by atoms with Crippen LogP contribution in [0.1, 0.15) is 48.8 Å². The summed E-state index contributed by atoms with van der Waals surface area (Å²) < 4.78 is 5.80. The molecular formula is C24H27N3O3. The Balaban J connectivity index is 1.33. The summed E-state index contributed by atoms with van der Waals surface area (Å²) in [4.78, 5) is 26.9. The average molecular weight is 405 g/mol. The van der Waals surface area contributed by atoms with Crippen LogP contribution in [0.2, 0.25) is 0 Å². The third-order valence-electron chi connectivity index (χ3n) is 5.68. The number of carbonyl (C=O) groups is 2. The van der Waals surface area contributed by atoms with E-state index in [4.69, 9.17) is 4.42 Å². The van der Waals surface area contributed by atoms with E-state index >= 15 is 0 Å². The Morgan fingerprint density at radius 1 is 1.07 bits per heavy atom. The minimum Gasteiger partial charge on any atom is -0.459 e. The second kappa shape index (κ2) is 8.61. The number of furan rings is 1. The number of likely N-dealkylation sites (tertiary alicyclic amines) is 1. The predicted octanol–water partition coefficient (Wildman–Crippen LogP) is 5.19. The second-order valence-electron chi connectivity index (χ2n) is 8.06. The van der Waals surface area contributed by atoms with E-state index in [1.807, 2.05) is 42.2 Å².